The first-order valence-corrected chi connectivity index (χ1v) is 4.09. The maximum absolute atomic E-state index is 11.3. The van der Waals surface area contributed by atoms with Crippen LogP contribution in [0.4, 0.5) is 0 Å². The zero-order valence-electron chi connectivity index (χ0n) is 8.34. The van der Waals surface area contributed by atoms with E-state index in [0.29, 0.717) is 5.56 Å². The first kappa shape index (κ1) is 9.71. The number of methoxy groups -OCH3 is 1. The highest BCUT2D eigenvalue weighted by molar-refractivity contribution is 5.91. The number of carbonyl (C=O) groups is 1. The van der Waals surface area contributed by atoms with Gasteiger partial charge in [0, 0.05) is 11.4 Å². The van der Waals surface area contributed by atoms with Gasteiger partial charge < -0.3 is 4.74 Å². The lowest BCUT2D eigenvalue weighted by atomic mass is 10.1. The van der Waals surface area contributed by atoms with Crippen molar-refractivity contribution in [2.24, 2.45) is 0 Å². The molecule has 70 valence electrons. The van der Waals surface area contributed by atoms with Gasteiger partial charge in [-0.1, -0.05) is 0 Å². The zero-order chi connectivity index (χ0) is 10.0. The van der Waals surface area contributed by atoms with Gasteiger partial charge in [-0.3, -0.25) is 4.98 Å². The summed E-state index contributed by atoms with van der Waals surface area (Å²) in [6.45, 7) is 5.61. The number of carbonyl (C=O) groups excluding carboxylic acids is 1. The van der Waals surface area contributed by atoms with E-state index in [1.807, 2.05) is 20.8 Å². The van der Waals surface area contributed by atoms with Crippen LogP contribution < -0.4 is 0 Å². The molecule has 3 nitrogen and oxygen atoms in total. The molecule has 0 aromatic carbocycles. The van der Waals surface area contributed by atoms with Crippen LogP contribution in [0.2, 0.25) is 0 Å². The van der Waals surface area contributed by atoms with E-state index in [0.717, 1.165) is 17.0 Å². The number of aryl methyl sites for hydroxylation is 2. The molecule has 1 rings (SSSR count). The van der Waals surface area contributed by atoms with Gasteiger partial charge in [-0.05, 0) is 32.4 Å². The summed E-state index contributed by atoms with van der Waals surface area (Å²) in [6.07, 6.45) is 0. The second-order valence-corrected chi connectivity index (χ2v) is 3.01. The van der Waals surface area contributed by atoms with Gasteiger partial charge >= 0.3 is 5.97 Å². The molecule has 0 saturated carbocycles. The number of aromatic nitrogens is 1. The van der Waals surface area contributed by atoms with Crippen molar-refractivity contribution in [1.29, 1.82) is 0 Å². The van der Waals surface area contributed by atoms with E-state index in [4.69, 9.17) is 0 Å². The lowest BCUT2D eigenvalue weighted by Gasteiger charge is -2.07. The SMILES string of the molecule is COC(=O)c1cc(C)nc(C)c1C. The second-order valence-electron chi connectivity index (χ2n) is 3.01. The molecule has 3 heteroatoms. The average Bonchev–Trinajstić information content (AvgIpc) is 2.10. The highest BCUT2D eigenvalue weighted by atomic mass is 16.5. The van der Waals surface area contributed by atoms with Crippen LogP contribution in [0.25, 0.3) is 0 Å². The van der Waals surface area contributed by atoms with Crippen molar-refractivity contribution in [3.8, 4) is 0 Å². The molecular weight excluding hydrogens is 166 g/mol. The zero-order valence-corrected chi connectivity index (χ0v) is 8.34. The molecule has 0 bridgehead atoms. The van der Waals surface area contributed by atoms with Crippen LogP contribution in [-0.2, 0) is 4.74 Å². The van der Waals surface area contributed by atoms with Gasteiger partial charge in [0.1, 0.15) is 0 Å². The molecule has 0 atom stereocenters. The Morgan fingerprint density at radius 3 is 2.54 bits per heavy atom. The van der Waals surface area contributed by atoms with E-state index >= 15 is 0 Å². The highest BCUT2D eigenvalue weighted by Crippen LogP contribution is 2.13. The third kappa shape index (κ3) is 1.86. The van der Waals surface area contributed by atoms with Crippen molar-refractivity contribution in [1.82, 2.24) is 4.98 Å². The van der Waals surface area contributed by atoms with Crippen molar-refractivity contribution in [3.63, 3.8) is 0 Å². The molecule has 0 aliphatic rings. The van der Waals surface area contributed by atoms with Gasteiger partial charge in [0.2, 0.25) is 0 Å². The number of hydrogen-bond acceptors (Lipinski definition) is 3. The molecule has 0 amide bonds. The van der Waals surface area contributed by atoms with E-state index in [-0.39, 0.29) is 5.97 Å². The Hall–Kier alpha value is -1.38. The molecule has 0 unspecified atom stereocenters. The van der Waals surface area contributed by atoms with E-state index in [1.54, 1.807) is 6.07 Å². The van der Waals surface area contributed by atoms with Gasteiger partial charge in [0.15, 0.2) is 0 Å². The van der Waals surface area contributed by atoms with Gasteiger partial charge in [0.05, 0.1) is 12.7 Å². The minimum absolute atomic E-state index is 0.300. The monoisotopic (exact) mass is 179 g/mol. The average molecular weight is 179 g/mol. The molecule has 1 heterocycles. The molecule has 0 saturated heterocycles. The molecule has 0 spiro atoms. The number of nitrogens with zero attached hydrogens (tertiary/aromatic N) is 1. The molecule has 0 fully saturated rings. The Morgan fingerprint density at radius 2 is 2.00 bits per heavy atom. The lowest BCUT2D eigenvalue weighted by molar-refractivity contribution is 0.0599. The molecule has 0 N–H and O–H groups in total. The minimum Gasteiger partial charge on any atom is -0.465 e. The number of ether oxygens (including phenoxy) is 1. The minimum atomic E-state index is -0.300. The van der Waals surface area contributed by atoms with E-state index in [9.17, 15) is 4.79 Å². The van der Waals surface area contributed by atoms with Crippen molar-refractivity contribution < 1.29 is 9.53 Å². The fourth-order valence-electron chi connectivity index (χ4n) is 1.21. The number of rotatable bonds is 1. The first-order chi connectivity index (χ1) is 6.06. The van der Waals surface area contributed by atoms with Crippen LogP contribution in [0, 0.1) is 20.8 Å². The predicted octanol–water partition coefficient (Wildman–Crippen LogP) is 1.79. The Bertz CT molecular complexity index is 345. The smallest absolute Gasteiger partial charge is 0.338 e. The summed E-state index contributed by atoms with van der Waals surface area (Å²) in [6, 6.07) is 1.74. The number of hydrogen-bond donors (Lipinski definition) is 0. The third-order valence-corrected chi connectivity index (χ3v) is 2.05. The van der Waals surface area contributed by atoms with E-state index < -0.39 is 0 Å². The quantitative estimate of drug-likeness (QED) is 0.617. The summed E-state index contributed by atoms with van der Waals surface area (Å²) in [5, 5.41) is 0. The van der Waals surface area contributed by atoms with Gasteiger partial charge in [-0.2, -0.15) is 0 Å². The summed E-state index contributed by atoms with van der Waals surface area (Å²) in [5.74, 6) is -0.300. The normalized spacial score (nSPS) is 9.85. The number of pyridine rings is 1. The standard InChI is InChI=1S/C10H13NO2/c1-6-5-9(10(12)13-4)7(2)8(3)11-6/h5H,1-4H3. The maximum Gasteiger partial charge on any atom is 0.338 e. The molecule has 0 aliphatic heterocycles. The topological polar surface area (TPSA) is 39.2 Å². The Balaban J connectivity index is 3.28. The molecule has 1 aromatic heterocycles. The molecule has 0 radical (unpaired) electrons. The van der Waals surface area contributed by atoms with Crippen LogP contribution in [0.5, 0.6) is 0 Å². The fourth-order valence-corrected chi connectivity index (χ4v) is 1.21. The van der Waals surface area contributed by atoms with E-state index in [1.165, 1.54) is 7.11 Å². The van der Waals surface area contributed by atoms with Crippen LogP contribution in [0.3, 0.4) is 0 Å². The predicted molar refractivity (Wildman–Crippen MR) is 49.8 cm³/mol. The second kappa shape index (κ2) is 3.56. The van der Waals surface area contributed by atoms with Crippen LogP contribution in [-0.4, -0.2) is 18.1 Å². The summed E-state index contributed by atoms with van der Waals surface area (Å²) in [5.41, 5.74) is 3.20. The van der Waals surface area contributed by atoms with Crippen LogP contribution in [0.1, 0.15) is 27.3 Å². The van der Waals surface area contributed by atoms with Crippen LogP contribution in [0.15, 0.2) is 6.07 Å². The Morgan fingerprint density at radius 1 is 1.38 bits per heavy atom. The maximum atomic E-state index is 11.3. The molecule has 0 aliphatic carbocycles. The van der Waals surface area contributed by atoms with Crippen molar-refractivity contribution >= 4 is 5.97 Å². The Kier molecular flexibility index (Phi) is 2.66. The van der Waals surface area contributed by atoms with Gasteiger partial charge in [0.25, 0.3) is 0 Å². The first-order valence-electron chi connectivity index (χ1n) is 4.09. The largest absolute Gasteiger partial charge is 0.465 e. The third-order valence-electron chi connectivity index (χ3n) is 2.05. The van der Waals surface area contributed by atoms with Gasteiger partial charge in [-0.25, -0.2) is 4.79 Å². The number of esters is 1. The molecular formula is C10H13NO2. The van der Waals surface area contributed by atoms with Crippen molar-refractivity contribution in [2.45, 2.75) is 20.8 Å². The molecule has 1 aromatic rings. The molecule has 13 heavy (non-hydrogen) atoms. The van der Waals surface area contributed by atoms with Crippen molar-refractivity contribution in [3.05, 3.63) is 28.6 Å². The summed E-state index contributed by atoms with van der Waals surface area (Å²) in [7, 11) is 1.38. The fraction of sp³-hybridized carbons (Fsp3) is 0.400. The Labute approximate surface area is 77.8 Å². The lowest BCUT2D eigenvalue weighted by Crippen LogP contribution is -2.07. The van der Waals surface area contributed by atoms with Crippen molar-refractivity contribution in [2.75, 3.05) is 7.11 Å². The van der Waals surface area contributed by atoms with Crippen LogP contribution >= 0.6 is 0 Å². The van der Waals surface area contributed by atoms with E-state index in [2.05, 4.69) is 9.72 Å². The summed E-state index contributed by atoms with van der Waals surface area (Å²) < 4.78 is 4.66. The van der Waals surface area contributed by atoms with Gasteiger partial charge in [-0.15, -0.1) is 0 Å². The summed E-state index contributed by atoms with van der Waals surface area (Å²) in [4.78, 5) is 15.5. The highest BCUT2D eigenvalue weighted by Gasteiger charge is 2.11. The summed E-state index contributed by atoms with van der Waals surface area (Å²) >= 11 is 0.